The van der Waals surface area contributed by atoms with Gasteiger partial charge in [0.1, 0.15) is 0 Å². The largest absolute Gasteiger partial charge is 0.481 e. The van der Waals surface area contributed by atoms with Gasteiger partial charge in [0.15, 0.2) is 0 Å². The molecular weight excluding hydrogens is 436 g/mol. The minimum Gasteiger partial charge on any atom is -0.481 e. The first-order valence-corrected chi connectivity index (χ1v) is 14.3. The Labute approximate surface area is 207 Å². The summed E-state index contributed by atoms with van der Waals surface area (Å²) in [5, 5.41) is 18.3. The van der Waals surface area contributed by atoms with Crippen molar-refractivity contribution in [1.82, 2.24) is 0 Å². The Morgan fingerprint density at radius 2 is 1.55 bits per heavy atom. The minimum atomic E-state index is -0.711. The highest BCUT2D eigenvalue weighted by Crippen LogP contribution is 2.34. The van der Waals surface area contributed by atoms with E-state index in [9.17, 15) is 14.7 Å². The van der Waals surface area contributed by atoms with Crippen LogP contribution in [-0.2, 0) is 14.3 Å². The number of carboxylic acid groups (broad SMARTS) is 1. The molecule has 1 fully saturated rings. The van der Waals surface area contributed by atoms with E-state index in [0.717, 1.165) is 32.1 Å². The first-order chi connectivity index (χ1) is 16.0. The smallest absolute Gasteiger partial charge is 0.315 e. The molecule has 0 aliphatic heterocycles. The van der Waals surface area contributed by atoms with Crippen LogP contribution in [0, 0.1) is 0 Å². The molecule has 6 heteroatoms. The van der Waals surface area contributed by atoms with E-state index in [0.29, 0.717) is 12.2 Å². The Morgan fingerprint density at radius 3 is 2.03 bits per heavy atom. The summed E-state index contributed by atoms with van der Waals surface area (Å²) in [5.41, 5.74) is 1.34. The van der Waals surface area contributed by atoms with Crippen molar-refractivity contribution in [2.24, 2.45) is 0 Å². The van der Waals surface area contributed by atoms with Crippen LogP contribution in [-0.4, -0.2) is 46.4 Å². The van der Waals surface area contributed by atoms with Crippen LogP contribution in [0.3, 0.4) is 0 Å². The van der Waals surface area contributed by atoms with Gasteiger partial charge in [0, 0.05) is 6.42 Å². The molecule has 2 atom stereocenters. The molecule has 0 aromatic rings. The topological polar surface area (TPSA) is 83.8 Å². The molecule has 1 aliphatic rings. The summed E-state index contributed by atoms with van der Waals surface area (Å²) in [6.07, 6.45) is 22.2. The number of hydrogen-bond donors (Lipinski definition) is 2. The van der Waals surface area contributed by atoms with Gasteiger partial charge in [-0.15, -0.1) is 11.8 Å². The SMILES string of the molecule is CCCC(=O)O.CCCCCCCCCCCCCC=C1CCCC(O)C1SCC(=O)OC. The lowest BCUT2D eigenvalue weighted by molar-refractivity contribution is -0.138. The van der Waals surface area contributed by atoms with Crippen molar-refractivity contribution in [2.75, 3.05) is 12.9 Å². The van der Waals surface area contributed by atoms with Gasteiger partial charge >= 0.3 is 11.9 Å². The summed E-state index contributed by atoms with van der Waals surface area (Å²) in [6, 6.07) is 0. The molecule has 0 radical (unpaired) electrons. The second-order valence-corrected chi connectivity index (χ2v) is 10.1. The van der Waals surface area contributed by atoms with Crippen molar-refractivity contribution < 1.29 is 24.5 Å². The number of aliphatic carboxylic acids is 1. The number of esters is 1. The zero-order chi connectivity index (χ0) is 24.7. The first kappa shape index (κ1) is 32.0. The van der Waals surface area contributed by atoms with Crippen LogP contribution in [0.4, 0.5) is 0 Å². The lowest BCUT2D eigenvalue weighted by atomic mass is 9.91. The molecule has 194 valence electrons. The third-order valence-corrected chi connectivity index (χ3v) is 7.35. The van der Waals surface area contributed by atoms with Gasteiger partial charge in [-0.1, -0.05) is 89.7 Å². The van der Waals surface area contributed by atoms with E-state index < -0.39 is 5.97 Å². The standard InChI is InChI=1S/C23H42O3S.C4H8O2/c1-3-4-5-6-7-8-9-10-11-12-13-14-16-20-17-15-18-21(24)23(20)27-19-22(25)26-2;1-2-3-4(5)6/h16,21,23-24H,3-15,17-19H2,1-2H3;2-3H2,1H3,(H,5,6). The third kappa shape index (κ3) is 19.0. The van der Waals surface area contributed by atoms with Gasteiger partial charge in [0.2, 0.25) is 0 Å². The number of unbranched alkanes of at least 4 members (excludes halogenated alkanes) is 11. The molecule has 5 nitrogen and oxygen atoms in total. The highest BCUT2D eigenvalue weighted by Gasteiger charge is 2.28. The summed E-state index contributed by atoms with van der Waals surface area (Å²) in [4.78, 5) is 21.0. The van der Waals surface area contributed by atoms with Gasteiger partial charge in [0.05, 0.1) is 24.2 Å². The quantitative estimate of drug-likeness (QED) is 0.127. The van der Waals surface area contributed by atoms with Gasteiger partial charge < -0.3 is 14.9 Å². The van der Waals surface area contributed by atoms with Gasteiger partial charge in [-0.05, 0) is 38.5 Å². The van der Waals surface area contributed by atoms with E-state index in [4.69, 9.17) is 9.84 Å². The van der Waals surface area contributed by atoms with Crippen LogP contribution >= 0.6 is 11.8 Å². The van der Waals surface area contributed by atoms with E-state index >= 15 is 0 Å². The van der Waals surface area contributed by atoms with Crippen LogP contribution in [0.5, 0.6) is 0 Å². The van der Waals surface area contributed by atoms with Crippen molar-refractivity contribution in [2.45, 2.75) is 134 Å². The van der Waals surface area contributed by atoms with Crippen LogP contribution in [0.25, 0.3) is 0 Å². The van der Waals surface area contributed by atoms with E-state index in [-0.39, 0.29) is 17.3 Å². The van der Waals surface area contributed by atoms with Crippen molar-refractivity contribution >= 4 is 23.7 Å². The molecule has 0 spiro atoms. The van der Waals surface area contributed by atoms with Crippen LogP contribution in [0.1, 0.15) is 123 Å². The molecule has 33 heavy (non-hydrogen) atoms. The number of rotatable bonds is 17. The summed E-state index contributed by atoms with van der Waals surface area (Å²) in [7, 11) is 1.42. The maximum absolute atomic E-state index is 11.4. The minimum absolute atomic E-state index is 0.0746. The highest BCUT2D eigenvalue weighted by atomic mass is 32.2. The van der Waals surface area contributed by atoms with Gasteiger partial charge in [-0.3, -0.25) is 9.59 Å². The zero-order valence-corrected chi connectivity index (χ0v) is 22.3. The number of aliphatic hydroxyl groups is 1. The molecule has 2 N–H and O–H groups in total. The molecule has 0 aromatic heterocycles. The Bertz CT molecular complexity index is 521. The summed E-state index contributed by atoms with van der Waals surface area (Å²) >= 11 is 1.54. The summed E-state index contributed by atoms with van der Waals surface area (Å²) in [5.74, 6) is -0.589. The van der Waals surface area contributed by atoms with Crippen molar-refractivity contribution in [3.63, 3.8) is 0 Å². The van der Waals surface area contributed by atoms with Crippen LogP contribution in [0.2, 0.25) is 0 Å². The van der Waals surface area contributed by atoms with E-state index in [2.05, 4.69) is 13.0 Å². The molecule has 0 bridgehead atoms. The molecule has 0 saturated heterocycles. The van der Waals surface area contributed by atoms with Gasteiger partial charge in [-0.25, -0.2) is 0 Å². The number of carbonyl (C=O) groups is 2. The maximum atomic E-state index is 11.4. The number of methoxy groups -OCH3 is 1. The normalized spacial score (nSPS) is 19.1. The fraction of sp³-hybridized carbons (Fsp3) is 0.852. The molecule has 1 saturated carbocycles. The predicted molar refractivity (Wildman–Crippen MR) is 140 cm³/mol. The Hall–Kier alpha value is -1.01. The fourth-order valence-corrected chi connectivity index (χ4v) is 5.24. The second-order valence-electron chi connectivity index (χ2n) is 9.01. The Morgan fingerprint density at radius 1 is 0.970 bits per heavy atom. The van der Waals surface area contributed by atoms with Crippen molar-refractivity contribution in [3.05, 3.63) is 11.6 Å². The average molecular weight is 487 g/mol. The average Bonchev–Trinajstić information content (AvgIpc) is 2.79. The number of carbonyl (C=O) groups excluding carboxylic acids is 1. The monoisotopic (exact) mass is 486 g/mol. The summed E-state index contributed by atoms with van der Waals surface area (Å²) in [6.45, 7) is 4.11. The molecule has 0 aromatic carbocycles. The van der Waals surface area contributed by atoms with Crippen LogP contribution < -0.4 is 0 Å². The first-order valence-electron chi connectivity index (χ1n) is 13.2. The zero-order valence-electron chi connectivity index (χ0n) is 21.5. The van der Waals surface area contributed by atoms with Crippen molar-refractivity contribution in [1.29, 1.82) is 0 Å². The fourth-order valence-electron chi connectivity index (χ4n) is 4.02. The van der Waals surface area contributed by atoms with Gasteiger partial charge in [-0.2, -0.15) is 0 Å². The van der Waals surface area contributed by atoms with Gasteiger partial charge in [0.25, 0.3) is 0 Å². The Kier molecular flexibility index (Phi) is 22.1. The molecular formula is C27H50O5S. The molecule has 0 heterocycles. The van der Waals surface area contributed by atoms with Crippen molar-refractivity contribution in [3.8, 4) is 0 Å². The molecule has 2 unspecified atom stereocenters. The Balaban J connectivity index is 0.00000150. The number of ether oxygens (including phenoxy) is 1. The number of hydrogen-bond acceptors (Lipinski definition) is 5. The molecule has 0 amide bonds. The predicted octanol–water partition coefficient (Wildman–Crippen LogP) is 7.30. The highest BCUT2D eigenvalue weighted by molar-refractivity contribution is 8.00. The van der Waals surface area contributed by atoms with E-state index in [1.165, 1.54) is 95.1 Å². The molecule has 1 rings (SSSR count). The van der Waals surface area contributed by atoms with E-state index in [1.807, 2.05) is 6.92 Å². The maximum Gasteiger partial charge on any atom is 0.315 e. The summed E-state index contributed by atoms with van der Waals surface area (Å²) < 4.78 is 4.73. The number of allylic oxidation sites excluding steroid dienone is 1. The molecule has 1 aliphatic carbocycles. The second kappa shape index (κ2) is 22.8. The number of thioether (sulfide) groups is 1. The third-order valence-electron chi connectivity index (χ3n) is 5.97. The number of aliphatic hydroxyl groups excluding tert-OH is 1. The lowest BCUT2D eigenvalue weighted by Gasteiger charge is -2.30. The van der Waals surface area contributed by atoms with E-state index in [1.54, 1.807) is 0 Å². The lowest BCUT2D eigenvalue weighted by Crippen LogP contribution is -2.30. The van der Waals surface area contributed by atoms with Crippen LogP contribution in [0.15, 0.2) is 11.6 Å². The number of carboxylic acids is 1.